The highest BCUT2D eigenvalue weighted by atomic mass is 16.2. The van der Waals surface area contributed by atoms with Crippen LogP contribution in [0.2, 0.25) is 0 Å². The molecule has 1 amide bonds. The Labute approximate surface area is 73.9 Å². The Balaban J connectivity index is 2.22. The normalized spacial score (nSPS) is 26.9. The summed E-state index contributed by atoms with van der Waals surface area (Å²) < 4.78 is 0. The van der Waals surface area contributed by atoms with Gasteiger partial charge in [0.2, 0.25) is 5.91 Å². The van der Waals surface area contributed by atoms with Crippen LogP contribution >= 0.6 is 0 Å². The fourth-order valence-electron chi connectivity index (χ4n) is 1.39. The van der Waals surface area contributed by atoms with Crippen LogP contribution in [0.5, 0.6) is 0 Å². The molecule has 12 heavy (non-hydrogen) atoms. The molecule has 2 N–H and O–H groups in total. The van der Waals surface area contributed by atoms with Crippen LogP contribution in [0.15, 0.2) is 0 Å². The van der Waals surface area contributed by atoms with Gasteiger partial charge in [-0.25, -0.2) is 0 Å². The van der Waals surface area contributed by atoms with Gasteiger partial charge in [-0.2, -0.15) is 0 Å². The minimum atomic E-state index is 0.302. The zero-order valence-corrected chi connectivity index (χ0v) is 7.92. The van der Waals surface area contributed by atoms with Gasteiger partial charge in [-0.15, -0.1) is 0 Å². The predicted molar refractivity (Wildman–Crippen MR) is 48.6 cm³/mol. The molecule has 70 valence electrons. The van der Waals surface area contributed by atoms with Crippen LogP contribution in [0.1, 0.15) is 19.8 Å². The molecule has 0 radical (unpaired) electrons. The molecule has 0 spiro atoms. The lowest BCUT2D eigenvalue weighted by Crippen LogP contribution is -2.30. The summed E-state index contributed by atoms with van der Waals surface area (Å²) in [5.41, 5.74) is 5.36. The SMILES string of the molecule is CC1CC1C(=O)N(C)CCCN. The highest BCUT2D eigenvalue weighted by Crippen LogP contribution is 2.38. The van der Waals surface area contributed by atoms with Crippen molar-refractivity contribution in [3.8, 4) is 0 Å². The van der Waals surface area contributed by atoms with Crippen molar-refractivity contribution in [3.05, 3.63) is 0 Å². The fourth-order valence-corrected chi connectivity index (χ4v) is 1.39. The molecule has 1 aliphatic carbocycles. The molecule has 0 aromatic rings. The minimum absolute atomic E-state index is 0.302. The second kappa shape index (κ2) is 3.90. The fraction of sp³-hybridized carbons (Fsp3) is 0.889. The van der Waals surface area contributed by atoms with E-state index in [9.17, 15) is 4.79 Å². The third-order valence-electron chi connectivity index (χ3n) is 2.50. The maximum absolute atomic E-state index is 11.5. The second-order valence-electron chi connectivity index (χ2n) is 3.72. The summed E-state index contributed by atoms with van der Waals surface area (Å²) in [4.78, 5) is 13.3. The lowest BCUT2D eigenvalue weighted by Gasteiger charge is -2.16. The molecule has 2 unspecified atom stereocenters. The number of hydrogen-bond donors (Lipinski definition) is 1. The largest absolute Gasteiger partial charge is 0.345 e. The Bertz CT molecular complexity index is 170. The van der Waals surface area contributed by atoms with Crippen molar-refractivity contribution in [1.82, 2.24) is 4.90 Å². The highest BCUT2D eigenvalue weighted by molar-refractivity contribution is 5.81. The van der Waals surface area contributed by atoms with Crippen LogP contribution in [-0.4, -0.2) is 30.9 Å². The van der Waals surface area contributed by atoms with E-state index in [2.05, 4.69) is 6.92 Å². The van der Waals surface area contributed by atoms with E-state index < -0.39 is 0 Å². The van der Waals surface area contributed by atoms with Crippen molar-refractivity contribution in [1.29, 1.82) is 0 Å². The molecule has 3 heteroatoms. The summed E-state index contributed by atoms with van der Waals surface area (Å²) in [7, 11) is 1.86. The van der Waals surface area contributed by atoms with Gasteiger partial charge in [0.1, 0.15) is 0 Å². The van der Waals surface area contributed by atoms with Gasteiger partial charge < -0.3 is 10.6 Å². The molecule has 3 nitrogen and oxygen atoms in total. The number of carbonyl (C=O) groups is 1. The summed E-state index contributed by atoms with van der Waals surface area (Å²) in [6, 6.07) is 0. The third kappa shape index (κ3) is 2.21. The molecule has 0 saturated heterocycles. The topological polar surface area (TPSA) is 46.3 Å². The number of nitrogens with two attached hydrogens (primary N) is 1. The molecule has 0 heterocycles. The predicted octanol–water partition coefficient (Wildman–Crippen LogP) is 0.450. The van der Waals surface area contributed by atoms with Gasteiger partial charge >= 0.3 is 0 Å². The molecule has 1 saturated carbocycles. The first-order valence-corrected chi connectivity index (χ1v) is 4.62. The van der Waals surface area contributed by atoms with Crippen LogP contribution in [0.4, 0.5) is 0 Å². The molecule has 1 aliphatic rings. The van der Waals surface area contributed by atoms with Gasteiger partial charge in [0.25, 0.3) is 0 Å². The number of carbonyl (C=O) groups excluding carboxylic acids is 1. The van der Waals surface area contributed by atoms with Crippen molar-refractivity contribution in [2.24, 2.45) is 17.6 Å². The van der Waals surface area contributed by atoms with Crippen molar-refractivity contribution in [2.45, 2.75) is 19.8 Å². The maximum atomic E-state index is 11.5. The average Bonchev–Trinajstić information content (AvgIpc) is 2.77. The van der Waals surface area contributed by atoms with Crippen LogP contribution < -0.4 is 5.73 Å². The third-order valence-corrected chi connectivity index (χ3v) is 2.50. The summed E-state index contributed by atoms with van der Waals surface area (Å²) in [5, 5.41) is 0. The van der Waals surface area contributed by atoms with E-state index in [0.717, 1.165) is 19.4 Å². The molecule has 0 aromatic heterocycles. The molecular weight excluding hydrogens is 152 g/mol. The smallest absolute Gasteiger partial charge is 0.225 e. The van der Waals surface area contributed by atoms with Gasteiger partial charge in [-0.3, -0.25) is 4.79 Å². The van der Waals surface area contributed by atoms with Crippen LogP contribution in [0.3, 0.4) is 0 Å². The van der Waals surface area contributed by atoms with Gasteiger partial charge in [0, 0.05) is 19.5 Å². The first kappa shape index (κ1) is 9.52. The van der Waals surface area contributed by atoms with Gasteiger partial charge in [0.15, 0.2) is 0 Å². The maximum Gasteiger partial charge on any atom is 0.225 e. The number of hydrogen-bond acceptors (Lipinski definition) is 2. The Morgan fingerprint density at radius 2 is 2.25 bits per heavy atom. The summed E-state index contributed by atoms with van der Waals surface area (Å²) in [6.07, 6.45) is 1.98. The number of rotatable bonds is 4. The van der Waals surface area contributed by atoms with E-state index in [0.29, 0.717) is 24.3 Å². The van der Waals surface area contributed by atoms with Gasteiger partial charge in [-0.05, 0) is 25.3 Å². The van der Waals surface area contributed by atoms with Crippen molar-refractivity contribution in [2.75, 3.05) is 20.1 Å². The van der Waals surface area contributed by atoms with E-state index in [-0.39, 0.29) is 0 Å². The zero-order chi connectivity index (χ0) is 9.14. The van der Waals surface area contributed by atoms with Crippen molar-refractivity contribution >= 4 is 5.91 Å². The summed E-state index contributed by atoms with van der Waals surface area (Å²) in [5.74, 6) is 1.22. The Hall–Kier alpha value is -0.570. The first-order chi connectivity index (χ1) is 5.66. The van der Waals surface area contributed by atoms with Crippen LogP contribution in [-0.2, 0) is 4.79 Å². The minimum Gasteiger partial charge on any atom is -0.345 e. The number of amides is 1. The highest BCUT2D eigenvalue weighted by Gasteiger charge is 2.40. The molecule has 1 rings (SSSR count). The summed E-state index contributed by atoms with van der Waals surface area (Å²) >= 11 is 0. The van der Waals surface area contributed by atoms with E-state index in [1.807, 2.05) is 7.05 Å². The lowest BCUT2D eigenvalue weighted by atomic mass is 10.3. The van der Waals surface area contributed by atoms with Crippen molar-refractivity contribution in [3.63, 3.8) is 0 Å². The van der Waals surface area contributed by atoms with Gasteiger partial charge in [-0.1, -0.05) is 6.92 Å². The molecule has 1 fully saturated rings. The quantitative estimate of drug-likeness (QED) is 0.666. The van der Waals surface area contributed by atoms with Gasteiger partial charge in [0.05, 0.1) is 0 Å². The second-order valence-corrected chi connectivity index (χ2v) is 3.72. The molecule has 0 bridgehead atoms. The standard InChI is InChI=1S/C9H18N2O/c1-7-6-8(7)9(12)11(2)5-3-4-10/h7-8H,3-6,10H2,1-2H3. The lowest BCUT2D eigenvalue weighted by molar-refractivity contribution is -0.131. The van der Waals surface area contributed by atoms with E-state index in [4.69, 9.17) is 5.73 Å². The Kier molecular flexibility index (Phi) is 3.09. The first-order valence-electron chi connectivity index (χ1n) is 4.62. The molecule has 0 aromatic carbocycles. The molecule has 0 aliphatic heterocycles. The summed E-state index contributed by atoms with van der Waals surface area (Å²) in [6.45, 7) is 3.59. The number of nitrogens with zero attached hydrogens (tertiary/aromatic N) is 1. The van der Waals surface area contributed by atoms with E-state index in [1.54, 1.807) is 4.90 Å². The monoisotopic (exact) mass is 170 g/mol. The Morgan fingerprint density at radius 1 is 1.67 bits per heavy atom. The Morgan fingerprint density at radius 3 is 2.67 bits per heavy atom. The van der Waals surface area contributed by atoms with E-state index >= 15 is 0 Å². The van der Waals surface area contributed by atoms with Crippen LogP contribution in [0, 0.1) is 11.8 Å². The molecular formula is C9H18N2O. The zero-order valence-electron chi connectivity index (χ0n) is 7.92. The van der Waals surface area contributed by atoms with Crippen molar-refractivity contribution < 1.29 is 4.79 Å². The van der Waals surface area contributed by atoms with Crippen LogP contribution in [0.25, 0.3) is 0 Å². The average molecular weight is 170 g/mol. The van der Waals surface area contributed by atoms with E-state index in [1.165, 1.54) is 0 Å². The molecule has 2 atom stereocenters.